The van der Waals surface area contributed by atoms with Crippen LogP contribution in [-0.4, -0.2) is 35.2 Å². The SMILES string of the molecule is O=C(c1cc(C(F)(F)F)[nH]n1)N1CC2CCCCN2c2ccccc21. The first-order valence-corrected chi connectivity index (χ1v) is 8.25. The van der Waals surface area contributed by atoms with Gasteiger partial charge in [-0.25, -0.2) is 0 Å². The Balaban J connectivity index is 1.69. The van der Waals surface area contributed by atoms with Crippen LogP contribution in [0.15, 0.2) is 30.3 Å². The molecule has 3 heterocycles. The molecule has 2 aliphatic heterocycles. The summed E-state index contributed by atoms with van der Waals surface area (Å²) < 4.78 is 38.3. The second kappa shape index (κ2) is 5.79. The Morgan fingerprint density at radius 2 is 1.96 bits per heavy atom. The number of rotatable bonds is 1. The van der Waals surface area contributed by atoms with E-state index in [0.29, 0.717) is 6.54 Å². The fourth-order valence-corrected chi connectivity index (χ4v) is 3.66. The van der Waals surface area contributed by atoms with Crippen molar-refractivity contribution in [1.29, 1.82) is 0 Å². The molecule has 5 nitrogen and oxygen atoms in total. The Labute approximate surface area is 142 Å². The summed E-state index contributed by atoms with van der Waals surface area (Å²) in [5.74, 6) is -0.510. The maximum atomic E-state index is 12.8. The van der Waals surface area contributed by atoms with Crippen LogP contribution in [0.3, 0.4) is 0 Å². The van der Waals surface area contributed by atoms with Gasteiger partial charge in [0.05, 0.1) is 11.4 Å². The van der Waals surface area contributed by atoms with Crippen LogP contribution < -0.4 is 9.80 Å². The van der Waals surface area contributed by atoms with Crippen molar-refractivity contribution in [2.24, 2.45) is 0 Å². The maximum Gasteiger partial charge on any atom is 0.432 e. The number of hydrogen-bond acceptors (Lipinski definition) is 3. The van der Waals surface area contributed by atoms with E-state index in [1.807, 2.05) is 29.4 Å². The molecular weight excluding hydrogens is 333 g/mol. The van der Waals surface area contributed by atoms with E-state index in [2.05, 4.69) is 10.00 Å². The van der Waals surface area contributed by atoms with Crippen molar-refractivity contribution in [3.8, 4) is 0 Å². The van der Waals surface area contributed by atoms with Gasteiger partial charge in [0, 0.05) is 25.2 Å². The van der Waals surface area contributed by atoms with E-state index >= 15 is 0 Å². The number of carbonyl (C=O) groups excluding carboxylic acids is 1. The summed E-state index contributed by atoms with van der Waals surface area (Å²) in [7, 11) is 0. The molecule has 8 heteroatoms. The molecule has 1 atom stereocenters. The van der Waals surface area contributed by atoms with E-state index in [1.54, 1.807) is 4.90 Å². The standard InChI is InChI=1S/C17H17F3N4O/c18-17(19,20)15-9-12(21-22-15)16(25)24-10-11-5-3-4-8-23(11)13-6-1-2-7-14(13)24/h1-2,6-7,9,11H,3-5,8,10H2,(H,21,22). The quantitative estimate of drug-likeness (QED) is 0.857. The minimum absolute atomic E-state index is 0.189. The first-order chi connectivity index (χ1) is 11.9. The van der Waals surface area contributed by atoms with Gasteiger partial charge in [0.2, 0.25) is 0 Å². The van der Waals surface area contributed by atoms with Gasteiger partial charge in [-0.2, -0.15) is 18.3 Å². The number of anilines is 2. The molecule has 1 fully saturated rings. The highest BCUT2D eigenvalue weighted by atomic mass is 19.4. The molecule has 1 aromatic carbocycles. The van der Waals surface area contributed by atoms with Crippen LogP contribution in [0.2, 0.25) is 0 Å². The lowest BCUT2D eigenvalue weighted by Crippen LogP contribution is -2.53. The number of para-hydroxylation sites is 2. The lowest BCUT2D eigenvalue weighted by molar-refractivity contribution is -0.141. The molecule has 1 N–H and O–H groups in total. The highest BCUT2D eigenvalue weighted by Gasteiger charge is 2.38. The first kappa shape index (κ1) is 16.0. The third kappa shape index (κ3) is 2.75. The van der Waals surface area contributed by atoms with Crippen LogP contribution in [0.5, 0.6) is 0 Å². The molecule has 1 saturated heterocycles. The molecule has 2 aromatic rings. The molecule has 0 spiro atoms. The second-order valence-corrected chi connectivity index (χ2v) is 6.41. The molecule has 0 bridgehead atoms. The van der Waals surface area contributed by atoms with E-state index in [1.165, 1.54) is 0 Å². The third-order valence-corrected chi connectivity index (χ3v) is 4.85. The highest BCUT2D eigenvalue weighted by Crippen LogP contribution is 2.39. The second-order valence-electron chi connectivity index (χ2n) is 6.41. The number of aromatic nitrogens is 2. The number of piperidine rings is 1. The van der Waals surface area contributed by atoms with Crippen LogP contribution >= 0.6 is 0 Å². The Kier molecular flexibility index (Phi) is 3.70. The van der Waals surface area contributed by atoms with Gasteiger partial charge < -0.3 is 9.80 Å². The van der Waals surface area contributed by atoms with E-state index in [-0.39, 0.29) is 11.7 Å². The summed E-state index contributed by atoms with van der Waals surface area (Å²) in [6, 6.07) is 8.49. The highest BCUT2D eigenvalue weighted by molar-refractivity contribution is 6.07. The molecule has 25 heavy (non-hydrogen) atoms. The molecule has 1 amide bonds. The van der Waals surface area contributed by atoms with Crippen molar-refractivity contribution in [1.82, 2.24) is 10.2 Å². The molecule has 0 saturated carbocycles. The zero-order valence-corrected chi connectivity index (χ0v) is 13.4. The number of benzene rings is 1. The monoisotopic (exact) mass is 350 g/mol. The van der Waals surface area contributed by atoms with E-state index in [4.69, 9.17) is 0 Å². The lowest BCUT2D eigenvalue weighted by Gasteiger charge is -2.46. The zero-order chi connectivity index (χ0) is 17.6. The topological polar surface area (TPSA) is 52.2 Å². The van der Waals surface area contributed by atoms with Crippen LogP contribution in [0.25, 0.3) is 0 Å². The summed E-state index contributed by atoms with van der Waals surface area (Å²) in [5.41, 5.74) is 0.451. The van der Waals surface area contributed by atoms with Crippen LogP contribution in [0.4, 0.5) is 24.5 Å². The number of nitrogens with one attached hydrogen (secondary N) is 1. The summed E-state index contributed by atoms with van der Waals surface area (Å²) in [4.78, 5) is 16.7. The molecule has 1 aromatic heterocycles. The zero-order valence-electron chi connectivity index (χ0n) is 13.4. The number of fused-ring (bicyclic) bond motifs is 3. The van der Waals surface area contributed by atoms with Crippen LogP contribution in [-0.2, 0) is 6.18 Å². The van der Waals surface area contributed by atoms with Gasteiger partial charge in [-0.15, -0.1) is 0 Å². The Morgan fingerprint density at radius 1 is 1.20 bits per heavy atom. The Hall–Kier alpha value is -2.51. The van der Waals surface area contributed by atoms with Gasteiger partial charge in [0.15, 0.2) is 5.69 Å². The Morgan fingerprint density at radius 3 is 2.68 bits per heavy atom. The summed E-state index contributed by atoms with van der Waals surface area (Å²) in [6.45, 7) is 1.40. The Bertz CT molecular complexity index is 801. The van der Waals surface area contributed by atoms with Gasteiger partial charge in [-0.1, -0.05) is 12.1 Å². The van der Waals surface area contributed by atoms with Gasteiger partial charge in [0.25, 0.3) is 5.91 Å². The van der Waals surface area contributed by atoms with Gasteiger partial charge in [0.1, 0.15) is 5.69 Å². The molecule has 4 rings (SSSR count). The number of amides is 1. The summed E-state index contributed by atoms with van der Waals surface area (Å²) >= 11 is 0. The number of hydrogen-bond donors (Lipinski definition) is 1. The molecule has 0 radical (unpaired) electrons. The van der Waals surface area contributed by atoms with Crippen molar-refractivity contribution in [3.63, 3.8) is 0 Å². The molecule has 132 valence electrons. The average molecular weight is 350 g/mol. The van der Waals surface area contributed by atoms with E-state index in [0.717, 1.165) is 43.2 Å². The number of aromatic amines is 1. The third-order valence-electron chi connectivity index (χ3n) is 4.85. The summed E-state index contributed by atoms with van der Waals surface area (Å²) in [5, 5.41) is 5.50. The van der Waals surface area contributed by atoms with Crippen molar-refractivity contribution in [2.45, 2.75) is 31.5 Å². The van der Waals surface area contributed by atoms with Crippen molar-refractivity contribution in [3.05, 3.63) is 41.7 Å². The molecule has 1 unspecified atom stereocenters. The average Bonchev–Trinajstić information content (AvgIpc) is 3.11. The number of H-pyrrole nitrogens is 1. The van der Waals surface area contributed by atoms with Crippen molar-refractivity contribution in [2.75, 3.05) is 22.9 Å². The normalized spacial score (nSPS) is 20.2. The first-order valence-electron chi connectivity index (χ1n) is 8.25. The fourth-order valence-electron chi connectivity index (χ4n) is 3.66. The predicted molar refractivity (Wildman–Crippen MR) is 86.7 cm³/mol. The van der Waals surface area contributed by atoms with Gasteiger partial charge in [-0.05, 0) is 31.4 Å². The number of alkyl halides is 3. The molecular formula is C17H17F3N4O. The van der Waals surface area contributed by atoms with Gasteiger partial charge >= 0.3 is 6.18 Å². The lowest BCUT2D eigenvalue weighted by atomic mass is 9.96. The number of halogens is 3. The van der Waals surface area contributed by atoms with Crippen LogP contribution in [0.1, 0.15) is 35.4 Å². The minimum atomic E-state index is -4.55. The summed E-state index contributed by atoms with van der Waals surface area (Å²) in [6.07, 6.45) is -1.39. The van der Waals surface area contributed by atoms with E-state index in [9.17, 15) is 18.0 Å². The van der Waals surface area contributed by atoms with E-state index < -0.39 is 17.8 Å². The number of nitrogens with zero attached hydrogens (tertiary/aromatic N) is 3. The predicted octanol–water partition coefficient (Wildman–Crippen LogP) is 3.45. The molecule has 0 aliphatic carbocycles. The number of carbonyl (C=O) groups is 1. The van der Waals surface area contributed by atoms with Gasteiger partial charge in [-0.3, -0.25) is 9.89 Å². The molecule has 2 aliphatic rings. The van der Waals surface area contributed by atoms with Crippen molar-refractivity contribution >= 4 is 17.3 Å². The smallest absolute Gasteiger partial charge is 0.365 e. The van der Waals surface area contributed by atoms with Crippen LogP contribution in [0, 0.1) is 0 Å². The maximum absolute atomic E-state index is 12.8. The largest absolute Gasteiger partial charge is 0.432 e. The fraction of sp³-hybridized carbons (Fsp3) is 0.412. The minimum Gasteiger partial charge on any atom is -0.365 e. The van der Waals surface area contributed by atoms with Crippen molar-refractivity contribution < 1.29 is 18.0 Å².